The molecule has 4 heteroatoms. The monoisotopic (exact) mass is 235 g/mol. The predicted octanol–water partition coefficient (Wildman–Crippen LogP) is 3.21. The molecular formula is C12H14ClN3. The average Bonchev–Trinajstić information content (AvgIpc) is 2.76. The minimum Gasteiger partial charge on any atom is -0.370 e. The summed E-state index contributed by atoms with van der Waals surface area (Å²) in [4.78, 5) is 9.71. The second-order valence-electron chi connectivity index (χ2n) is 4.27. The van der Waals surface area contributed by atoms with Crippen LogP contribution in [-0.4, -0.2) is 23.1 Å². The van der Waals surface area contributed by atoms with Gasteiger partial charge < -0.3 is 9.88 Å². The zero-order valence-corrected chi connectivity index (χ0v) is 9.80. The fourth-order valence-electron chi connectivity index (χ4n) is 2.32. The van der Waals surface area contributed by atoms with Gasteiger partial charge in [0, 0.05) is 13.1 Å². The highest BCUT2D eigenvalue weighted by atomic mass is 35.5. The number of H-pyrrole nitrogens is 1. The summed E-state index contributed by atoms with van der Waals surface area (Å²) in [5.74, 6) is 0. The Balaban J connectivity index is 2.03. The summed E-state index contributed by atoms with van der Waals surface area (Å²) in [6, 6.07) is 4.05. The van der Waals surface area contributed by atoms with Gasteiger partial charge in [-0.05, 0) is 31.4 Å². The molecule has 1 N–H and O–H groups in total. The van der Waals surface area contributed by atoms with Gasteiger partial charge >= 0.3 is 0 Å². The van der Waals surface area contributed by atoms with E-state index in [-0.39, 0.29) is 0 Å². The van der Waals surface area contributed by atoms with E-state index in [2.05, 4.69) is 20.9 Å². The Kier molecular flexibility index (Phi) is 2.48. The summed E-state index contributed by atoms with van der Waals surface area (Å²) < 4.78 is 0. The number of piperidine rings is 1. The number of rotatable bonds is 1. The fraction of sp³-hybridized carbons (Fsp3) is 0.417. The Bertz CT molecular complexity index is 500. The summed E-state index contributed by atoms with van der Waals surface area (Å²) in [5.41, 5.74) is 3.12. The number of hydrogen-bond donors (Lipinski definition) is 1. The Morgan fingerprint density at radius 3 is 2.81 bits per heavy atom. The molecule has 0 amide bonds. The van der Waals surface area contributed by atoms with Gasteiger partial charge in [-0.2, -0.15) is 0 Å². The zero-order chi connectivity index (χ0) is 11.0. The number of halogens is 1. The summed E-state index contributed by atoms with van der Waals surface area (Å²) in [5, 5.41) is 0.818. The molecule has 0 aliphatic carbocycles. The molecule has 0 radical (unpaired) electrons. The highest BCUT2D eigenvalue weighted by Crippen LogP contribution is 2.31. The maximum Gasteiger partial charge on any atom is 0.0931 e. The number of fused-ring (bicyclic) bond motifs is 1. The first-order valence-electron chi connectivity index (χ1n) is 5.72. The summed E-state index contributed by atoms with van der Waals surface area (Å²) >= 11 is 6.30. The number of hydrogen-bond acceptors (Lipinski definition) is 2. The molecule has 16 heavy (non-hydrogen) atoms. The second-order valence-corrected chi connectivity index (χ2v) is 4.68. The van der Waals surface area contributed by atoms with Crippen LogP contribution in [0.3, 0.4) is 0 Å². The first kappa shape index (κ1) is 9.97. The first-order valence-corrected chi connectivity index (χ1v) is 6.10. The maximum absolute atomic E-state index is 6.30. The maximum atomic E-state index is 6.30. The smallest absolute Gasteiger partial charge is 0.0931 e. The topological polar surface area (TPSA) is 31.9 Å². The number of benzene rings is 1. The molecule has 1 fully saturated rings. The summed E-state index contributed by atoms with van der Waals surface area (Å²) in [6.45, 7) is 2.21. The Hall–Kier alpha value is -1.22. The molecule has 2 heterocycles. The van der Waals surface area contributed by atoms with E-state index in [0.29, 0.717) is 0 Å². The number of anilines is 1. The van der Waals surface area contributed by atoms with Gasteiger partial charge in [0.15, 0.2) is 0 Å². The Labute approximate surface area is 99.4 Å². The lowest BCUT2D eigenvalue weighted by molar-refractivity contribution is 0.578. The van der Waals surface area contributed by atoms with Crippen molar-refractivity contribution >= 4 is 28.3 Å². The third kappa shape index (κ3) is 1.65. The number of imidazole rings is 1. The van der Waals surface area contributed by atoms with Crippen molar-refractivity contribution < 1.29 is 0 Å². The molecule has 1 saturated heterocycles. The molecule has 1 aliphatic rings. The largest absolute Gasteiger partial charge is 0.370 e. The van der Waals surface area contributed by atoms with Crippen LogP contribution in [0, 0.1) is 0 Å². The molecule has 2 aromatic rings. The Morgan fingerprint density at radius 1 is 1.19 bits per heavy atom. The summed E-state index contributed by atoms with van der Waals surface area (Å²) in [6.07, 6.45) is 5.56. The highest BCUT2D eigenvalue weighted by Gasteiger charge is 2.15. The van der Waals surface area contributed by atoms with Gasteiger partial charge in [0.2, 0.25) is 0 Å². The van der Waals surface area contributed by atoms with Gasteiger partial charge in [0.1, 0.15) is 0 Å². The van der Waals surface area contributed by atoms with E-state index in [4.69, 9.17) is 11.6 Å². The second kappa shape index (κ2) is 3.98. The molecule has 3 nitrogen and oxygen atoms in total. The zero-order valence-electron chi connectivity index (χ0n) is 9.04. The van der Waals surface area contributed by atoms with Crippen molar-refractivity contribution in [3.63, 3.8) is 0 Å². The van der Waals surface area contributed by atoms with Gasteiger partial charge in [-0.15, -0.1) is 0 Å². The van der Waals surface area contributed by atoms with Crippen molar-refractivity contribution in [1.82, 2.24) is 9.97 Å². The lowest BCUT2D eigenvalue weighted by Crippen LogP contribution is -2.29. The van der Waals surface area contributed by atoms with Crippen molar-refractivity contribution in [2.75, 3.05) is 18.0 Å². The van der Waals surface area contributed by atoms with Crippen LogP contribution in [0.15, 0.2) is 18.5 Å². The minimum absolute atomic E-state index is 0.818. The molecule has 1 aliphatic heterocycles. The standard InChI is InChI=1S/C12H14ClN3/c13-9-6-10-11(15-8-14-10)7-12(9)16-4-2-1-3-5-16/h6-8H,1-5H2,(H,14,15). The molecule has 0 unspecified atom stereocenters. The van der Waals surface area contributed by atoms with Crippen LogP contribution < -0.4 is 4.90 Å². The molecule has 0 atom stereocenters. The van der Waals surface area contributed by atoms with Crippen LogP contribution in [-0.2, 0) is 0 Å². The van der Waals surface area contributed by atoms with Crippen molar-refractivity contribution in [2.45, 2.75) is 19.3 Å². The normalized spacial score (nSPS) is 16.9. The van der Waals surface area contributed by atoms with Crippen LogP contribution in [0.1, 0.15) is 19.3 Å². The lowest BCUT2D eigenvalue weighted by Gasteiger charge is -2.29. The van der Waals surface area contributed by atoms with Gasteiger partial charge in [0.05, 0.1) is 28.1 Å². The quantitative estimate of drug-likeness (QED) is 0.823. The van der Waals surface area contributed by atoms with Crippen LogP contribution in [0.2, 0.25) is 5.02 Å². The van der Waals surface area contributed by atoms with E-state index < -0.39 is 0 Å². The Morgan fingerprint density at radius 2 is 2.00 bits per heavy atom. The molecule has 3 rings (SSSR count). The highest BCUT2D eigenvalue weighted by molar-refractivity contribution is 6.34. The molecule has 0 spiro atoms. The fourth-order valence-corrected chi connectivity index (χ4v) is 2.60. The van der Waals surface area contributed by atoms with Crippen molar-refractivity contribution in [3.8, 4) is 0 Å². The minimum atomic E-state index is 0.818. The van der Waals surface area contributed by atoms with E-state index in [1.165, 1.54) is 19.3 Å². The van der Waals surface area contributed by atoms with E-state index in [0.717, 1.165) is 34.8 Å². The van der Waals surface area contributed by atoms with E-state index in [1.54, 1.807) is 6.33 Å². The molecule has 1 aromatic heterocycles. The first-order chi connectivity index (χ1) is 7.84. The molecule has 0 saturated carbocycles. The van der Waals surface area contributed by atoms with Gasteiger partial charge in [-0.1, -0.05) is 11.6 Å². The van der Waals surface area contributed by atoms with Crippen LogP contribution >= 0.6 is 11.6 Å². The lowest BCUT2D eigenvalue weighted by atomic mass is 10.1. The number of aromatic amines is 1. The van der Waals surface area contributed by atoms with Crippen LogP contribution in [0.25, 0.3) is 11.0 Å². The summed E-state index contributed by atoms with van der Waals surface area (Å²) in [7, 11) is 0. The van der Waals surface area contributed by atoms with Crippen molar-refractivity contribution in [3.05, 3.63) is 23.5 Å². The van der Waals surface area contributed by atoms with Gasteiger partial charge in [-0.3, -0.25) is 0 Å². The van der Waals surface area contributed by atoms with E-state index in [1.807, 2.05) is 6.07 Å². The molecule has 0 bridgehead atoms. The third-order valence-corrected chi connectivity index (χ3v) is 3.49. The third-order valence-electron chi connectivity index (χ3n) is 3.19. The number of aromatic nitrogens is 2. The number of nitrogens with zero attached hydrogens (tertiary/aromatic N) is 2. The average molecular weight is 236 g/mol. The van der Waals surface area contributed by atoms with E-state index in [9.17, 15) is 0 Å². The molecular weight excluding hydrogens is 222 g/mol. The molecule has 84 valence electrons. The van der Waals surface area contributed by atoms with E-state index >= 15 is 0 Å². The van der Waals surface area contributed by atoms with Crippen molar-refractivity contribution in [1.29, 1.82) is 0 Å². The van der Waals surface area contributed by atoms with Gasteiger partial charge in [-0.25, -0.2) is 4.98 Å². The van der Waals surface area contributed by atoms with Crippen LogP contribution in [0.5, 0.6) is 0 Å². The van der Waals surface area contributed by atoms with Gasteiger partial charge in [0.25, 0.3) is 0 Å². The van der Waals surface area contributed by atoms with Crippen LogP contribution in [0.4, 0.5) is 5.69 Å². The SMILES string of the molecule is Clc1cc2[nH]cnc2cc1N1CCCCC1. The predicted molar refractivity (Wildman–Crippen MR) is 67.2 cm³/mol. The number of nitrogens with one attached hydrogen (secondary N) is 1. The molecule has 1 aromatic carbocycles. The van der Waals surface area contributed by atoms with Crippen molar-refractivity contribution in [2.24, 2.45) is 0 Å².